The van der Waals surface area contributed by atoms with Crippen molar-refractivity contribution in [2.45, 2.75) is 39.7 Å². The van der Waals surface area contributed by atoms with Gasteiger partial charge in [0.2, 0.25) is 0 Å². The van der Waals surface area contributed by atoms with E-state index in [0.29, 0.717) is 25.7 Å². The number of sulfone groups is 1. The topological polar surface area (TPSA) is 69.7 Å². The van der Waals surface area contributed by atoms with Crippen molar-refractivity contribution in [1.82, 2.24) is 15.1 Å². The maximum atomic E-state index is 12.5. The molecule has 0 radical (unpaired) electrons. The van der Waals surface area contributed by atoms with Crippen LogP contribution < -0.4 is 5.32 Å². The zero-order valence-electron chi connectivity index (χ0n) is 14.8. The van der Waals surface area contributed by atoms with Crippen LogP contribution in [0.3, 0.4) is 0 Å². The molecule has 0 unspecified atom stereocenters. The lowest BCUT2D eigenvalue weighted by atomic mass is 9.76. The number of likely N-dealkylation sites (N-methyl/N-ethyl adjacent to an activating group) is 1. The third kappa shape index (κ3) is 4.83. The molecule has 7 heteroatoms. The van der Waals surface area contributed by atoms with Crippen molar-refractivity contribution in [3.05, 3.63) is 0 Å². The summed E-state index contributed by atoms with van der Waals surface area (Å²) in [5, 5.41) is 3.03. The Balaban J connectivity index is 1.93. The molecule has 6 nitrogen and oxygen atoms in total. The van der Waals surface area contributed by atoms with E-state index in [1.165, 1.54) is 6.42 Å². The summed E-state index contributed by atoms with van der Waals surface area (Å²) in [6.07, 6.45) is 2.35. The molecule has 2 aliphatic heterocycles. The molecule has 0 bridgehead atoms. The number of amides is 2. The molecule has 0 aromatic carbocycles. The maximum absolute atomic E-state index is 12.5. The van der Waals surface area contributed by atoms with E-state index in [9.17, 15) is 13.2 Å². The van der Waals surface area contributed by atoms with Gasteiger partial charge in [-0.25, -0.2) is 13.2 Å². The number of hydrogen-bond acceptors (Lipinski definition) is 4. The van der Waals surface area contributed by atoms with Gasteiger partial charge in [-0.2, -0.15) is 0 Å². The molecule has 2 heterocycles. The number of hydrogen-bond donors (Lipinski definition) is 1. The lowest BCUT2D eigenvalue weighted by Crippen LogP contribution is -2.55. The van der Waals surface area contributed by atoms with Crippen molar-refractivity contribution in [2.75, 3.05) is 44.7 Å². The van der Waals surface area contributed by atoms with E-state index in [4.69, 9.17) is 0 Å². The van der Waals surface area contributed by atoms with E-state index < -0.39 is 9.84 Å². The molecule has 2 rings (SSSR count). The monoisotopic (exact) mass is 345 g/mol. The number of carbonyl (C=O) groups excluding carboxylic acids is 1. The van der Waals surface area contributed by atoms with Crippen LogP contribution in [0, 0.1) is 11.3 Å². The van der Waals surface area contributed by atoms with Crippen LogP contribution in [0.2, 0.25) is 0 Å². The largest absolute Gasteiger partial charge is 0.336 e. The first kappa shape index (κ1) is 18.5. The Kier molecular flexibility index (Phi) is 5.61. The first-order valence-electron chi connectivity index (χ1n) is 8.54. The molecule has 0 aromatic rings. The van der Waals surface area contributed by atoms with Gasteiger partial charge in [0.05, 0.1) is 11.5 Å². The van der Waals surface area contributed by atoms with Crippen molar-refractivity contribution in [3.8, 4) is 0 Å². The highest BCUT2D eigenvalue weighted by Crippen LogP contribution is 2.33. The first-order chi connectivity index (χ1) is 10.6. The maximum Gasteiger partial charge on any atom is 0.317 e. The average Bonchev–Trinajstić information content (AvgIpc) is 2.54. The summed E-state index contributed by atoms with van der Waals surface area (Å²) in [7, 11) is -0.918. The minimum absolute atomic E-state index is 0.0120. The van der Waals surface area contributed by atoms with Gasteiger partial charge in [-0.15, -0.1) is 0 Å². The summed E-state index contributed by atoms with van der Waals surface area (Å²) in [4.78, 5) is 16.4. The second-order valence-corrected chi connectivity index (χ2v) is 10.2. The van der Waals surface area contributed by atoms with Gasteiger partial charge < -0.3 is 15.1 Å². The number of carbonyl (C=O) groups is 1. The van der Waals surface area contributed by atoms with Crippen molar-refractivity contribution in [2.24, 2.45) is 11.3 Å². The molecule has 2 amide bonds. The van der Waals surface area contributed by atoms with Crippen LogP contribution in [-0.2, 0) is 9.84 Å². The molecule has 0 saturated carbocycles. The van der Waals surface area contributed by atoms with Gasteiger partial charge >= 0.3 is 6.03 Å². The standard InChI is InChI=1S/C16H31N3O3S/c1-13-11-19(8-9-23(21,22)12-13)15(20)17-10-14-16(2,3)6-5-7-18(14)4/h13-14H,5-12H2,1-4H3,(H,17,20)/t13-,14-/m1/s1. The highest BCUT2D eigenvalue weighted by molar-refractivity contribution is 7.91. The van der Waals surface area contributed by atoms with Gasteiger partial charge in [0, 0.05) is 25.7 Å². The van der Waals surface area contributed by atoms with Crippen LogP contribution in [0.1, 0.15) is 33.6 Å². The molecule has 23 heavy (non-hydrogen) atoms. The van der Waals surface area contributed by atoms with Gasteiger partial charge in [-0.1, -0.05) is 20.8 Å². The summed E-state index contributed by atoms with van der Waals surface area (Å²) in [5.41, 5.74) is 0.176. The Morgan fingerprint density at radius 1 is 1.30 bits per heavy atom. The van der Waals surface area contributed by atoms with Gasteiger partial charge in [-0.05, 0) is 37.8 Å². The van der Waals surface area contributed by atoms with Crippen molar-refractivity contribution in [3.63, 3.8) is 0 Å². The SMILES string of the molecule is C[C@@H]1CN(C(=O)NC[C@H]2N(C)CCCC2(C)C)CCS(=O)(=O)C1. The highest BCUT2D eigenvalue weighted by Gasteiger charge is 2.36. The third-order valence-corrected chi connectivity index (χ3v) is 7.12. The fourth-order valence-electron chi connectivity index (χ4n) is 3.90. The van der Waals surface area contributed by atoms with Crippen LogP contribution >= 0.6 is 0 Å². The molecule has 0 aromatic heterocycles. The van der Waals surface area contributed by atoms with Gasteiger partial charge in [0.1, 0.15) is 0 Å². The van der Waals surface area contributed by atoms with Crippen molar-refractivity contribution in [1.29, 1.82) is 0 Å². The van der Waals surface area contributed by atoms with Crippen LogP contribution in [0.25, 0.3) is 0 Å². The van der Waals surface area contributed by atoms with E-state index in [0.717, 1.165) is 13.0 Å². The fraction of sp³-hybridized carbons (Fsp3) is 0.938. The highest BCUT2D eigenvalue weighted by atomic mass is 32.2. The number of piperidine rings is 1. The van der Waals surface area contributed by atoms with E-state index in [2.05, 4.69) is 31.1 Å². The summed E-state index contributed by atoms with van der Waals surface area (Å²) in [6.45, 7) is 8.86. The predicted molar refractivity (Wildman–Crippen MR) is 92.2 cm³/mol. The molecule has 2 saturated heterocycles. The molecular formula is C16H31N3O3S. The molecule has 2 aliphatic rings. The Morgan fingerprint density at radius 2 is 2.00 bits per heavy atom. The van der Waals surface area contributed by atoms with Gasteiger partial charge in [0.25, 0.3) is 0 Å². The van der Waals surface area contributed by atoms with Gasteiger partial charge in [0.15, 0.2) is 9.84 Å². The van der Waals surface area contributed by atoms with Crippen molar-refractivity contribution >= 4 is 15.9 Å². The Morgan fingerprint density at radius 3 is 2.65 bits per heavy atom. The number of likely N-dealkylation sites (tertiary alicyclic amines) is 1. The first-order valence-corrected chi connectivity index (χ1v) is 10.4. The number of urea groups is 1. The molecule has 2 atom stereocenters. The molecule has 0 aliphatic carbocycles. The second kappa shape index (κ2) is 6.97. The third-order valence-electron chi connectivity index (χ3n) is 5.24. The summed E-state index contributed by atoms with van der Waals surface area (Å²) >= 11 is 0. The zero-order valence-corrected chi connectivity index (χ0v) is 15.7. The predicted octanol–water partition coefficient (Wildman–Crippen LogP) is 1.18. The van der Waals surface area contributed by atoms with E-state index in [1.807, 2.05) is 6.92 Å². The second-order valence-electron chi connectivity index (χ2n) is 7.94. The Labute approximate surface area is 140 Å². The number of nitrogens with zero attached hydrogens (tertiary/aromatic N) is 2. The van der Waals surface area contributed by atoms with Gasteiger partial charge in [-0.3, -0.25) is 0 Å². The smallest absolute Gasteiger partial charge is 0.317 e. The minimum atomic E-state index is -3.03. The van der Waals surface area contributed by atoms with Crippen LogP contribution in [-0.4, -0.2) is 75.0 Å². The van der Waals surface area contributed by atoms with Crippen LogP contribution in [0.5, 0.6) is 0 Å². The molecule has 2 fully saturated rings. The fourth-order valence-corrected chi connectivity index (χ4v) is 5.54. The Bertz CT molecular complexity index is 533. The van der Waals surface area contributed by atoms with E-state index >= 15 is 0 Å². The molecule has 0 spiro atoms. The van der Waals surface area contributed by atoms with E-state index in [-0.39, 0.29) is 28.9 Å². The summed E-state index contributed by atoms with van der Waals surface area (Å²) in [6, 6.07) is 0.178. The quantitative estimate of drug-likeness (QED) is 0.816. The summed E-state index contributed by atoms with van der Waals surface area (Å²) < 4.78 is 23.6. The minimum Gasteiger partial charge on any atom is -0.336 e. The number of rotatable bonds is 2. The molecule has 1 N–H and O–H groups in total. The van der Waals surface area contributed by atoms with Crippen LogP contribution in [0.4, 0.5) is 4.79 Å². The Hall–Kier alpha value is -0.820. The number of nitrogens with one attached hydrogen (secondary N) is 1. The van der Waals surface area contributed by atoms with Crippen molar-refractivity contribution < 1.29 is 13.2 Å². The lowest BCUT2D eigenvalue weighted by molar-refractivity contribution is 0.0587. The zero-order chi connectivity index (χ0) is 17.3. The molecule has 134 valence electrons. The normalized spacial score (nSPS) is 31.4. The average molecular weight is 346 g/mol. The van der Waals surface area contributed by atoms with E-state index in [1.54, 1.807) is 4.90 Å². The molecular weight excluding hydrogens is 314 g/mol. The lowest BCUT2D eigenvalue weighted by Gasteiger charge is -2.45. The summed E-state index contributed by atoms with van der Waals surface area (Å²) in [5.74, 6) is 0.233. The van der Waals surface area contributed by atoms with Crippen LogP contribution in [0.15, 0.2) is 0 Å².